The maximum Gasteiger partial charge on any atom is 0.362 e. The predicted octanol–water partition coefficient (Wildman–Crippen LogP) is -0.135. The predicted molar refractivity (Wildman–Crippen MR) is 40.9 cm³/mol. The number of carbonyl (C=O) groups excluding carboxylic acids is 1. The summed E-state index contributed by atoms with van der Waals surface area (Å²) in [4.78, 5) is 27.9. The number of aromatic amines is 1. The molecule has 1 heterocycles. The topological polar surface area (TPSA) is 72.0 Å². The molecule has 0 saturated heterocycles. The van der Waals surface area contributed by atoms with Gasteiger partial charge in [-0.1, -0.05) is 0 Å². The van der Waals surface area contributed by atoms with E-state index in [2.05, 4.69) is 14.7 Å². The third-order valence-electron chi connectivity index (χ3n) is 1.29. The Bertz CT molecular complexity index is 356. The van der Waals surface area contributed by atoms with Crippen molar-refractivity contribution in [1.82, 2.24) is 9.97 Å². The Morgan fingerprint density at radius 3 is 2.92 bits per heavy atom. The summed E-state index contributed by atoms with van der Waals surface area (Å²) in [7, 11) is 1.20. The zero-order chi connectivity index (χ0) is 9.14. The van der Waals surface area contributed by atoms with Gasteiger partial charge in [-0.2, -0.15) is 0 Å². The molecule has 0 radical (unpaired) electrons. The van der Waals surface area contributed by atoms with Gasteiger partial charge in [0.05, 0.1) is 12.8 Å². The van der Waals surface area contributed by atoms with Gasteiger partial charge in [0.2, 0.25) is 5.69 Å². The second-order valence-electron chi connectivity index (χ2n) is 2.21. The van der Waals surface area contributed by atoms with Crippen molar-refractivity contribution >= 4 is 5.97 Å². The minimum atomic E-state index is -0.722. The van der Waals surface area contributed by atoms with Crippen LogP contribution in [0.4, 0.5) is 0 Å². The third kappa shape index (κ3) is 1.50. The summed E-state index contributed by atoms with van der Waals surface area (Å²) in [6.45, 7) is 1.67. The zero-order valence-electron chi connectivity index (χ0n) is 6.75. The molecule has 0 aliphatic carbocycles. The molecule has 0 amide bonds. The number of methoxy groups -OCH3 is 1. The molecule has 0 atom stereocenters. The highest BCUT2D eigenvalue weighted by Crippen LogP contribution is 1.90. The number of aryl methyl sites for hydroxylation is 1. The van der Waals surface area contributed by atoms with Gasteiger partial charge in [0.15, 0.2) is 0 Å². The summed E-state index contributed by atoms with van der Waals surface area (Å²) in [5.74, 6) is -0.722. The number of carbonyl (C=O) groups is 1. The van der Waals surface area contributed by atoms with Gasteiger partial charge in [-0.25, -0.2) is 9.78 Å². The van der Waals surface area contributed by atoms with Crippen LogP contribution in [-0.2, 0) is 4.74 Å². The van der Waals surface area contributed by atoms with E-state index in [9.17, 15) is 9.59 Å². The largest absolute Gasteiger partial charge is 0.464 e. The first kappa shape index (κ1) is 8.45. The van der Waals surface area contributed by atoms with Crippen molar-refractivity contribution < 1.29 is 9.53 Å². The average molecular weight is 168 g/mol. The lowest BCUT2D eigenvalue weighted by atomic mass is 10.4. The van der Waals surface area contributed by atoms with Crippen molar-refractivity contribution in [3.8, 4) is 0 Å². The summed E-state index contributed by atoms with van der Waals surface area (Å²) in [5.41, 5.74) is -0.181. The van der Waals surface area contributed by atoms with Crippen LogP contribution in [0.2, 0.25) is 0 Å². The molecule has 5 nitrogen and oxygen atoms in total. The molecule has 1 rings (SSSR count). The first-order chi connectivity index (χ1) is 5.65. The summed E-state index contributed by atoms with van der Waals surface area (Å²) in [5, 5.41) is 0. The lowest BCUT2D eigenvalue weighted by molar-refractivity contribution is 0.0591. The smallest absolute Gasteiger partial charge is 0.362 e. The van der Waals surface area contributed by atoms with Crippen molar-refractivity contribution in [3.63, 3.8) is 0 Å². The van der Waals surface area contributed by atoms with Crippen molar-refractivity contribution in [2.45, 2.75) is 6.92 Å². The number of H-pyrrole nitrogens is 1. The Morgan fingerprint density at radius 1 is 1.67 bits per heavy atom. The second-order valence-corrected chi connectivity index (χ2v) is 2.21. The summed E-state index contributed by atoms with van der Waals surface area (Å²) in [6, 6.07) is 0. The van der Waals surface area contributed by atoms with Crippen LogP contribution in [0.25, 0.3) is 0 Å². The Balaban J connectivity index is 3.23. The highest BCUT2D eigenvalue weighted by atomic mass is 16.5. The molecule has 1 N–H and O–H groups in total. The lowest BCUT2D eigenvalue weighted by Gasteiger charge is -1.96. The first-order valence-corrected chi connectivity index (χ1v) is 3.30. The highest BCUT2D eigenvalue weighted by Gasteiger charge is 2.11. The second kappa shape index (κ2) is 3.17. The van der Waals surface area contributed by atoms with Crippen LogP contribution in [0.5, 0.6) is 0 Å². The number of esters is 1. The zero-order valence-corrected chi connectivity index (χ0v) is 6.75. The van der Waals surface area contributed by atoms with Gasteiger partial charge in [0.25, 0.3) is 5.56 Å². The van der Waals surface area contributed by atoms with Crippen LogP contribution >= 0.6 is 0 Å². The SMILES string of the molecule is COC(=O)c1nc(C)c[nH]c1=O. The van der Waals surface area contributed by atoms with Crippen LogP contribution in [0, 0.1) is 6.92 Å². The monoisotopic (exact) mass is 168 g/mol. The van der Waals surface area contributed by atoms with Gasteiger partial charge >= 0.3 is 5.97 Å². The molecule has 0 aromatic carbocycles. The fourth-order valence-corrected chi connectivity index (χ4v) is 0.733. The van der Waals surface area contributed by atoms with Gasteiger partial charge in [0.1, 0.15) is 0 Å². The van der Waals surface area contributed by atoms with Gasteiger partial charge < -0.3 is 9.72 Å². The van der Waals surface area contributed by atoms with Crippen molar-refractivity contribution in [2.75, 3.05) is 7.11 Å². The Hall–Kier alpha value is -1.65. The molecular weight excluding hydrogens is 160 g/mol. The molecule has 0 saturated carbocycles. The minimum absolute atomic E-state index is 0.211. The quantitative estimate of drug-likeness (QED) is 0.592. The fraction of sp³-hybridized carbons (Fsp3) is 0.286. The van der Waals surface area contributed by atoms with E-state index in [0.29, 0.717) is 5.69 Å². The summed E-state index contributed by atoms with van der Waals surface area (Å²) < 4.78 is 4.35. The van der Waals surface area contributed by atoms with Gasteiger partial charge in [-0.3, -0.25) is 4.79 Å². The van der Waals surface area contributed by atoms with E-state index in [0.717, 1.165) is 0 Å². The van der Waals surface area contributed by atoms with Crippen LogP contribution in [0.15, 0.2) is 11.0 Å². The molecule has 64 valence electrons. The van der Waals surface area contributed by atoms with E-state index in [1.54, 1.807) is 6.92 Å². The molecule has 1 aromatic rings. The fourth-order valence-electron chi connectivity index (χ4n) is 0.733. The maximum atomic E-state index is 11.0. The molecule has 5 heteroatoms. The number of nitrogens with zero attached hydrogens (tertiary/aromatic N) is 1. The summed E-state index contributed by atoms with van der Waals surface area (Å²) in [6.07, 6.45) is 1.43. The van der Waals surface area contributed by atoms with E-state index in [4.69, 9.17) is 0 Å². The molecule has 0 spiro atoms. The van der Waals surface area contributed by atoms with E-state index in [1.165, 1.54) is 13.3 Å². The molecule has 0 aliphatic rings. The molecule has 12 heavy (non-hydrogen) atoms. The van der Waals surface area contributed by atoms with E-state index in [1.807, 2.05) is 0 Å². The molecule has 0 fully saturated rings. The molecule has 0 unspecified atom stereocenters. The first-order valence-electron chi connectivity index (χ1n) is 3.30. The number of aromatic nitrogens is 2. The van der Waals surface area contributed by atoms with Gasteiger partial charge in [-0.15, -0.1) is 0 Å². The van der Waals surface area contributed by atoms with Crippen LogP contribution in [0.3, 0.4) is 0 Å². The maximum absolute atomic E-state index is 11.0. The van der Waals surface area contributed by atoms with Gasteiger partial charge in [-0.05, 0) is 6.92 Å². The lowest BCUT2D eigenvalue weighted by Crippen LogP contribution is -2.21. The Kier molecular flexibility index (Phi) is 2.23. The van der Waals surface area contributed by atoms with E-state index in [-0.39, 0.29) is 5.69 Å². The van der Waals surface area contributed by atoms with Gasteiger partial charge in [0, 0.05) is 6.20 Å². The number of hydrogen-bond donors (Lipinski definition) is 1. The Morgan fingerprint density at radius 2 is 2.33 bits per heavy atom. The number of hydrogen-bond acceptors (Lipinski definition) is 4. The molecule has 0 aliphatic heterocycles. The van der Waals surface area contributed by atoms with E-state index >= 15 is 0 Å². The molecular formula is C7H8N2O3. The van der Waals surface area contributed by atoms with Crippen LogP contribution in [-0.4, -0.2) is 23.0 Å². The third-order valence-corrected chi connectivity index (χ3v) is 1.29. The number of ether oxygens (including phenoxy) is 1. The van der Waals surface area contributed by atoms with Crippen molar-refractivity contribution in [2.24, 2.45) is 0 Å². The molecule has 1 aromatic heterocycles. The number of nitrogens with one attached hydrogen (secondary N) is 1. The van der Waals surface area contributed by atoms with Crippen LogP contribution < -0.4 is 5.56 Å². The normalized spacial score (nSPS) is 9.50. The number of rotatable bonds is 1. The Labute approximate surface area is 68.4 Å². The summed E-state index contributed by atoms with van der Waals surface area (Å²) >= 11 is 0. The standard InChI is InChI=1S/C7H8N2O3/c1-4-3-8-6(10)5(9-4)7(11)12-2/h3H,1-2H3,(H,8,10). The van der Waals surface area contributed by atoms with Crippen molar-refractivity contribution in [1.29, 1.82) is 0 Å². The average Bonchev–Trinajstić information content (AvgIpc) is 2.08. The van der Waals surface area contributed by atoms with Crippen LogP contribution in [0.1, 0.15) is 16.2 Å². The minimum Gasteiger partial charge on any atom is -0.464 e. The van der Waals surface area contributed by atoms with Crippen molar-refractivity contribution in [3.05, 3.63) is 27.9 Å². The van der Waals surface area contributed by atoms with E-state index < -0.39 is 11.5 Å². The molecule has 0 bridgehead atoms. The highest BCUT2D eigenvalue weighted by molar-refractivity contribution is 5.86.